The summed E-state index contributed by atoms with van der Waals surface area (Å²) in [5.74, 6) is 0. The first-order chi connectivity index (χ1) is 3.77. The molecule has 1 nitrogen and oxygen atoms in total. The monoisotopic (exact) mass is 224 g/mol. The van der Waals surface area contributed by atoms with Crippen molar-refractivity contribution in [3.63, 3.8) is 0 Å². The number of carbonyl (C=O) groups excluding carboxylic acids is 1. The molecule has 0 aliphatic rings. The van der Waals surface area contributed by atoms with E-state index >= 15 is 0 Å². The van der Waals surface area contributed by atoms with Gasteiger partial charge in [-0.05, 0) is 12.5 Å². The molecule has 0 N–H and O–H groups in total. The fourth-order valence-electron chi connectivity index (χ4n) is 0.343. The Kier molecular flexibility index (Phi) is 5.37. The number of hydrogen-bond donors (Lipinski definition) is 0. The molecule has 0 atom stereocenters. The van der Waals surface area contributed by atoms with Crippen LogP contribution in [0, 0.1) is 0 Å². The van der Waals surface area contributed by atoms with Gasteiger partial charge in [0.2, 0.25) is 3.79 Å². The van der Waals surface area contributed by atoms with Crippen molar-refractivity contribution < 1.29 is 4.79 Å². The fourth-order valence-corrected chi connectivity index (χ4v) is 0.597. The van der Waals surface area contributed by atoms with Crippen LogP contribution >= 0.6 is 22.6 Å². The Morgan fingerprint density at radius 2 is 2.38 bits per heavy atom. The van der Waals surface area contributed by atoms with Gasteiger partial charge >= 0.3 is 0 Å². The Labute approximate surface area is 63.3 Å². The van der Waals surface area contributed by atoms with Gasteiger partial charge in [0.05, 0.1) is 0 Å². The lowest BCUT2D eigenvalue weighted by atomic mass is 10.3. The van der Waals surface area contributed by atoms with E-state index in [2.05, 4.69) is 6.92 Å². The number of halogens is 1. The molecule has 0 amide bonds. The van der Waals surface area contributed by atoms with E-state index in [4.69, 9.17) is 0 Å². The summed E-state index contributed by atoms with van der Waals surface area (Å²) in [5.41, 5.74) is 0. The Bertz CT molecular complexity index is 96.7. The molecule has 0 unspecified atom stereocenters. The summed E-state index contributed by atoms with van der Waals surface area (Å²) in [5, 5.41) is 0. The first kappa shape index (κ1) is 8.14. The second-order valence-corrected chi connectivity index (χ2v) is 2.56. The van der Waals surface area contributed by atoms with Crippen LogP contribution in [-0.2, 0) is 4.79 Å². The van der Waals surface area contributed by atoms with Gasteiger partial charge in [-0.2, -0.15) is 0 Å². The minimum Gasteiger partial charge on any atom is -0.283 e. The molecular weight excluding hydrogens is 215 g/mol. The summed E-state index contributed by atoms with van der Waals surface area (Å²) in [6.07, 6.45) is 5.62. The Hall–Kier alpha value is 0.140. The van der Waals surface area contributed by atoms with Crippen molar-refractivity contribution >= 4 is 26.4 Å². The third-order valence-corrected chi connectivity index (χ3v) is 1.06. The van der Waals surface area contributed by atoms with E-state index in [0.717, 1.165) is 12.8 Å². The molecule has 0 rings (SSSR count). The molecule has 0 heterocycles. The highest BCUT2D eigenvalue weighted by atomic mass is 127. The predicted octanol–water partition coefficient (Wildman–Crippen LogP) is 2.30. The van der Waals surface area contributed by atoms with E-state index < -0.39 is 0 Å². The average molecular weight is 224 g/mol. The SMILES string of the molecule is CCCC=CC(=O)I. The molecule has 0 aromatic carbocycles. The predicted molar refractivity (Wildman–Crippen MR) is 43.1 cm³/mol. The van der Waals surface area contributed by atoms with E-state index in [1.807, 2.05) is 6.08 Å². The zero-order valence-corrected chi connectivity index (χ0v) is 7.01. The Morgan fingerprint density at radius 1 is 1.75 bits per heavy atom. The molecule has 0 aliphatic carbocycles. The van der Waals surface area contributed by atoms with Gasteiger partial charge in [-0.25, -0.2) is 0 Å². The van der Waals surface area contributed by atoms with Crippen LogP contribution in [0.3, 0.4) is 0 Å². The molecule has 0 saturated carbocycles. The Morgan fingerprint density at radius 3 is 2.75 bits per heavy atom. The molecular formula is C6H9IO. The minimum atomic E-state index is 0.107. The maximum absolute atomic E-state index is 10.2. The second kappa shape index (κ2) is 5.28. The van der Waals surface area contributed by atoms with Gasteiger partial charge in [-0.15, -0.1) is 0 Å². The first-order valence-corrected chi connectivity index (χ1v) is 3.71. The van der Waals surface area contributed by atoms with Gasteiger partial charge in [-0.3, -0.25) is 4.79 Å². The topological polar surface area (TPSA) is 17.1 Å². The molecule has 0 spiro atoms. The van der Waals surface area contributed by atoms with Crippen molar-refractivity contribution in [2.75, 3.05) is 0 Å². The molecule has 0 aliphatic heterocycles. The molecule has 0 saturated heterocycles. The molecule has 8 heavy (non-hydrogen) atoms. The third kappa shape index (κ3) is 6.14. The molecule has 0 fully saturated rings. The van der Waals surface area contributed by atoms with Crippen LogP contribution in [0.1, 0.15) is 19.8 Å². The minimum absolute atomic E-state index is 0.107. The lowest BCUT2D eigenvalue weighted by Gasteiger charge is -1.78. The Balaban J connectivity index is 3.20. The van der Waals surface area contributed by atoms with Gasteiger partial charge < -0.3 is 0 Å². The van der Waals surface area contributed by atoms with E-state index in [0.29, 0.717) is 0 Å². The molecule has 0 bridgehead atoms. The van der Waals surface area contributed by atoms with Gasteiger partial charge in [0.15, 0.2) is 0 Å². The summed E-state index contributed by atoms with van der Waals surface area (Å²) in [4.78, 5) is 10.2. The molecule has 0 radical (unpaired) electrons. The van der Waals surface area contributed by atoms with E-state index in [1.165, 1.54) is 0 Å². The van der Waals surface area contributed by atoms with Crippen LogP contribution in [0.15, 0.2) is 12.2 Å². The number of hydrogen-bond acceptors (Lipinski definition) is 1. The summed E-state index contributed by atoms with van der Waals surface area (Å²) >= 11 is 1.76. The van der Waals surface area contributed by atoms with Crippen molar-refractivity contribution in [2.24, 2.45) is 0 Å². The van der Waals surface area contributed by atoms with Gasteiger partial charge in [-0.1, -0.05) is 19.4 Å². The van der Waals surface area contributed by atoms with Crippen LogP contribution in [0.2, 0.25) is 0 Å². The van der Waals surface area contributed by atoms with Gasteiger partial charge in [0.25, 0.3) is 0 Å². The standard InChI is InChI=1S/C6H9IO/c1-2-3-4-5-6(7)8/h4-5H,2-3H2,1H3. The van der Waals surface area contributed by atoms with Crippen molar-refractivity contribution in [1.82, 2.24) is 0 Å². The van der Waals surface area contributed by atoms with E-state index in [1.54, 1.807) is 28.7 Å². The number of unbranched alkanes of at least 4 members (excludes halogenated alkanes) is 1. The van der Waals surface area contributed by atoms with Crippen molar-refractivity contribution in [1.29, 1.82) is 0 Å². The average Bonchev–Trinajstić information content (AvgIpc) is 1.66. The number of carbonyl (C=O) groups is 1. The smallest absolute Gasteiger partial charge is 0.214 e. The third-order valence-electron chi connectivity index (χ3n) is 0.704. The zero-order valence-electron chi connectivity index (χ0n) is 4.86. The van der Waals surface area contributed by atoms with Crippen LogP contribution in [0.4, 0.5) is 0 Å². The highest BCUT2D eigenvalue weighted by Gasteiger charge is 1.80. The lowest BCUT2D eigenvalue weighted by molar-refractivity contribution is -0.105. The van der Waals surface area contributed by atoms with Crippen molar-refractivity contribution in [2.45, 2.75) is 19.8 Å². The largest absolute Gasteiger partial charge is 0.283 e. The normalized spacial score (nSPS) is 10.2. The summed E-state index contributed by atoms with van der Waals surface area (Å²) < 4.78 is 0.107. The van der Waals surface area contributed by atoms with Crippen LogP contribution in [0.5, 0.6) is 0 Å². The maximum atomic E-state index is 10.2. The van der Waals surface area contributed by atoms with Gasteiger partial charge in [0.1, 0.15) is 0 Å². The first-order valence-electron chi connectivity index (χ1n) is 2.63. The fraction of sp³-hybridized carbons (Fsp3) is 0.500. The van der Waals surface area contributed by atoms with Crippen LogP contribution < -0.4 is 0 Å². The lowest BCUT2D eigenvalue weighted by Crippen LogP contribution is -1.72. The van der Waals surface area contributed by atoms with Crippen LogP contribution in [0.25, 0.3) is 0 Å². The summed E-state index contributed by atoms with van der Waals surface area (Å²) in [6, 6.07) is 0. The maximum Gasteiger partial charge on any atom is 0.214 e. The van der Waals surface area contributed by atoms with Gasteiger partial charge in [0, 0.05) is 22.6 Å². The highest BCUT2D eigenvalue weighted by molar-refractivity contribution is 14.1. The number of allylic oxidation sites excluding steroid dienone is 2. The number of rotatable bonds is 3. The van der Waals surface area contributed by atoms with Crippen LogP contribution in [-0.4, -0.2) is 3.79 Å². The zero-order chi connectivity index (χ0) is 6.41. The molecule has 46 valence electrons. The molecule has 0 aromatic rings. The van der Waals surface area contributed by atoms with E-state index in [9.17, 15) is 4.79 Å². The highest BCUT2D eigenvalue weighted by Crippen LogP contribution is 1.92. The molecule has 2 heteroatoms. The quantitative estimate of drug-likeness (QED) is 0.408. The summed E-state index contributed by atoms with van der Waals surface area (Å²) in [7, 11) is 0. The molecule has 0 aromatic heterocycles. The second-order valence-electron chi connectivity index (χ2n) is 1.50. The van der Waals surface area contributed by atoms with Crippen molar-refractivity contribution in [3.05, 3.63) is 12.2 Å². The van der Waals surface area contributed by atoms with E-state index in [-0.39, 0.29) is 3.79 Å². The summed E-state index contributed by atoms with van der Waals surface area (Å²) in [6.45, 7) is 2.09. The van der Waals surface area contributed by atoms with Crippen molar-refractivity contribution in [3.8, 4) is 0 Å².